The van der Waals surface area contributed by atoms with E-state index in [1.54, 1.807) is 24.3 Å². The molecule has 27 heavy (non-hydrogen) atoms. The number of esters is 1. The van der Waals surface area contributed by atoms with E-state index < -0.39 is 30.6 Å². The van der Waals surface area contributed by atoms with E-state index in [0.29, 0.717) is 5.75 Å². The second kappa shape index (κ2) is 8.96. The van der Waals surface area contributed by atoms with E-state index in [2.05, 4.69) is 0 Å². The summed E-state index contributed by atoms with van der Waals surface area (Å²) in [5.41, 5.74) is 1.19. The summed E-state index contributed by atoms with van der Waals surface area (Å²) in [6.07, 6.45) is -4.64. The van der Waals surface area contributed by atoms with Crippen molar-refractivity contribution < 1.29 is 34.0 Å². The molecule has 0 aromatic heterocycles. The van der Waals surface area contributed by atoms with E-state index >= 15 is 0 Å². The highest BCUT2D eigenvalue weighted by molar-refractivity contribution is 5.89. The zero-order valence-corrected chi connectivity index (χ0v) is 14.9. The summed E-state index contributed by atoms with van der Waals surface area (Å²) in [5.74, 6) is -0.0557. The molecule has 1 fully saturated rings. The van der Waals surface area contributed by atoms with E-state index in [1.807, 2.05) is 30.3 Å². The monoisotopic (exact) mass is 374 g/mol. The fourth-order valence-electron chi connectivity index (χ4n) is 2.71. The fraction of sp³-hybridized carbons (Fsp3) is 0.350. The molecule has 0 bridgehead atoms. The highest BCUT2D eigenvalue weighted by atomic mass is 16.7. The van der Waals surface area contributed by atoms with E-state index in [0.717, 1.165) is 5.56 Å². The molecule has 144 valence electrons. The Morgan fingerprint density at radius 3 is 2.48 bits per heavy atom. The molecule has 0 radical (unpaired) electrons. The third kappa shape index (κ3) is 4.84. The van der Waals surface area contributed by atoms with Crippen molar-refractivity contribution in [2.45, 2.75) is 31.2 Å². The van der Waals surface area contributed by atoms with Crippen LogP contribution in [0.3, 0.4) is 0 Å². The van der Waals surface area contributed by atoms with Crippen molar-refractivity contribution in [3.63, 3.8) is 0 Å². The minimum absolute atomic E-state index is 0.114. The minimum atomic E-state index is -1.32. The summed E-state index contributed by atoms with van der Waals surface area (Å²) in [6.45, 7) is 0.0993. The van der Waals surface area contributed by atoms with Gasteiger partial charge < -0.3 is 29.2 Å². The van der Waals surface area contributed by atoms with E-state index in [4.69, 9.17) is 18.9 Å². The molecule has 7 heteroatoms. The Hall–Kier alpha value is -2.45. The molecule has 3 rings (SSSR count). The molecule has 1 heterocycles. The summed E-state index contributed by atoms with van der Waals surface area (Å²) in [7, 11) is 1.53. The molecule has 1 aliphatic rings. The van der Waals surface area contributed by atoms with Gasteiger partial charge in [-0.25, -0.2) is 4.79 Å². The molecule has 1 aliphatic heterocycles. The second-order valence-electron chi connectivity index (χ2n) is 6.15. The molecule has 2 aromatic carbocycles. The van der Waals surface area contributed by atoms with Crippen LogP contribution in [0.5, 0.6) is 5.75 Å². The Balaban J connectivity index is 1.68. The van der Waals surface area contributed by atoms with E-state index in [9.17, 15) is 15.0 Å². The molecule has 2 N–H and O–H groups in total. The molecule has 4 atom stereocenters. The van der Waals surface area contributed by atoms with Gasteiger partial charge in [-0.15, -0.1) is 0 Å². The number of aliphatic hydroxyl groups is 2. The summed E-state index contributed by atoms with van der Waals surface area (Å²) in [4.78, 5) is 12.4. The summed E-state index contributed by atoms with van der Waals surface area (Å²) < 4.78 is 21.6. The Morgan fingerprint density at radius 1 is 1.11 bits per heavy atom. The molecule has 7 nitrogen and oxygen atoms in total. The first kappa shape index (κ1) is 19.3. The largest absolute Gasteiger partial charge is 0.497 e. The van der Waals surface area contributed by atoms with Gasteiger partial charge in [-0.2, -0.15) is 0 Å². The summed E-state index contributed by atoms with van der Waals surface area (Å²) in [5, 5.41) is 20.1. The number of hydrogen-bond donors (Lipinski definition) is 2. The average Bonchev–Trinajstić information content (AvgIpc) is 2.71. The molecule has 0 saturated carbocycles. The minimum Gasteiger partial charge on any atom is -0.497 e. The highest BCUT2D eigenvalue weighted by Crippen LogP contribution is 2.23. The van der Waals surface area contributed by atoms with Gasteiger partial charge in [-0.3, -0.25) is 0 Å². The normalized spacial score (nSPS) is 25.0. The molecule has 0 unspecified atom stereocenters. The zero-order chi connectivity index (χ0) is 19.2. The van der Waals surface area contributed by atoms with Crippen molar-refractivity contribution in [3.8, 4) is 5.75 Å². The predicted molar refractivity (Wildman–Crippen MR) is 95.2 cm³/mol. The van der Waals surface area contributed by atoms with Crippen LogP contribution in [0.15, 0.2) is 54.6 Å². The standard InChI is InChI=1S/C20H22O7/c1-24-15-9-7-14(8-10-15)19(23)27-18-17(22)16(21)12-26-20(18)25-11-13-5-3-2-4-6-13/h2-10,16-18,20-22H,11-12H2,1H3/t16-,17+,18-,20+/m1/s1. The number of ether oxygens (including phenoxy) is 4. The lowest BCUT2D eigenvalue weighted by molar-refractivity contribution is -0.272. The SMILES string of the molecule is COc1ccc(C(=O)O[C@H]2[C@@H](OCc3ccccc3)OC[C@@H](O)[C@@H]2O)cc1. The van der Waals surface area contributed by atoms with Crippen molar-refractivity contribution in [1.29, 1.82) is 0 Å². The molecule has 2 aromatic rings. The third-order valence-electron chi connectivity index (χ3n) is 4.26. The Kier molecular flexibility index (Phi) is 6.41. The summed E-state index contributed by atoms with van der Waals surface area (Å²) in [6, 6.07) is 15.8. The molecular formula is C20H22O7. The lowest BCUT2D eigenvalue weighted by atomic mass is 10.0. The Labute approximate surface area is 157 Å². The van der Waals surface area contributed by atoms with Gasteiger partial charge in [0, 0.05) is 0 Å². The van der Waals surface area contributed by atoms with Crippen molar-refractivity contribution in [1.82, 2.24) is 0 Å². The first-order valence-corrected chi connectivity index (χ1v) is 8.57. The van der Waals surface area contributed by atoms with Crippen LogP contribution in [-0.4, -0.2) is 54.5 Å². The van der Waals surface area contributed by atoms with Crippen LogP contribution >= 0.6 is 0 Å². The van der Waals surface area contributed by atoms with Crippen molar-refractivity contribution in [2.24, 2.45) is 0 Å². The van der Waals surface area contributed by atoms with Crippen molar-refractivity contribution in [2.75, 3.05) is 13.7 Å². The Bertz CT molecular complexity index is 732. The maximum Gasteiger partial charge on any atom is 0.338 e. The van der Waals surface area contributed by atoms with Gasteiger partial charge in [-0.1, -0.05) is 30.3 Å². The number of rotatable bonds is 6. The fourth-order valence-corrected chi connectivity index (χ4v) is 2.71. The van der Waals surface area contributed by atoms with Gasteiger partial charge in [0.25, 0.3) is 0 Å². The van der Waals surface area contributed by atoms with Gasteiger partial charge in [0.15, 0.2) is 12.4 Å². The number of carbonyl (C=O) groups excluding carboxylic acids is 1. The Morgan fingerprint density at radius 2 is 1.81 bits per heavy atom. The quantitative estimate of drug-likeness (QED) is 0.740. The van der Waals surface area contributed by atoms with Gasteiger partial charge in [0.2, 0.25) is 0 Å². The molecule has 1 saturated heterocycles. The molecular weight excluding hydrogens is 352 g/mol. The maximum absolute atomic E-state index is 12.4. The smallest absolute Gasteiger partial charge is 0.338 e. The number of carbonyl (C=O) groups is 1. The van der Waals surface area contributed by atoms with Gasteiger partial charge >= 0.3 is 5.97 Å². The van der Waals surface area contributed by atoms with Crippen LogP contribution in [0.2, 0.25) is 0 Å². The van der Waals surface area contributed by atoms with Crippen LogP contribution in [0.25, 0.3) is 0 Å². The first-order valence-electron chi connectivity index (χ1n) is 8.57. The molecule has 0 amide bonds. The van der Waals surface area contributed by atoms with Crippen LogP contribution in [0.4, 0.5) is 0 Å². The lowest BCUT2D eigenvalue weighted by Gasteiger charge is -2.37. The number of hydrogen-bond acceptors (Lipinski definition) is 7. The third-order valence-corrected chi connectivity index (χ3v) is 4.26. The van der Waals surface area contributed by atoms with Gasteiger partial charge in [-0.05, 0) is 29.8 Å². The molecule has 0 aliphatic carbocycles. The number of benzene rings is 2. The first-order chi connectivity index (χ1) is 13.1. The zero-order valence-electron chi connectivity index (χ0n) is 14.9. The van der Waals surface area contributed by atoms with Crippen LogP contribution in [-0.2, 0) is 20.8 Å². The van der Waals surface area contributed by atoms with E-state index in [-0.39, 0.29) is 18.8 Å². The number of aliphatic hydroxyl groups excluding tert-OH is 2. The van der Waals surface area contributed by atoms with E-state index in [1.165, 1.54) is 7.11 Å². The van der Waals surface area contributed by atoms with Crippen LogP contribution in [0.1, 0.15) is 15.9 Å². The van der Waals surface area contributed by atoms with Crippen molar-refractivity contribution in [3.05, 3.63) is 65.7 Å². The average molecular weight is 374 g/mol. The second-order valence-corrected chi connectivity index (χ2v) is 6.15. The predicted octanol–water partition coefficient (Wildman–Crippen LogP) is 1.52. The van der Waals surface area contributed by atoms with Gasteiger partial charge in [0.05, 0.1) is 25.9 Å². The lowest BCUT2D eigenvalue weighted by Crippen LogP contribution is -2.55. The summed E-state index contributed by atoms with van der Waals surface area (Å²) >= 11 is 0. The van der Waals surface area contributed by atoms with Crippen LogP contribution < -0.4 is 4.74 Å². The topological polar surface area (TPSA) is 94.5 Å². The van der Waals surface area contributed by atoms with Gasteiger partial charge in [0.1, 0.15) is 18.0 Å². The van der Waals surface area contributed by atoms with Crippen LogP contribution in [0, 0.1) is 0 Å². The number of methoxy groups -OCH3 is 1. The van der Waals surface area contributed by atoms with Crippen molar-refractivity contribution >= 4 is 5.97 Å². The molecule has 0 spiro atoms. The maximum atomic E-state index is 12.4. The highest BCUT2D eigenvalue weighted by Gasteiger charge is 2.42.